The Balaban J connectivity index is 2.30. The van der Waals surface area contributed by atoms with Crippen molar-refractivity contribution in [1.82, 2.24) is 9.55 Å². The van der Waals surface area contributed by atoms with Gasteiger partial charge in [-0.1, -0.05) is 6.07 Å². The van der Waals surface area contributed by atoms with Gasteiger partial charge in [0.1, 0.15) is 5.82 Å². The summed E-state index contributed by atoms with van der Waals surface area (Å²) in [6.45, 7) is 1.75. The summed E-state index contributed by atoms with van der Waals surface area (Å²) in [6.07, 6.45) is 0. The molecule has 0 aliphatic rings. The molecule has 3 rings (SSSR count). The van der Waals surface area contributed by atoms with Crippen molar-refractivity contribution in [3.8, 4) is 5.69 Å². The molecule has 1 heterocycles. The molecule has 0 spiro atoms. The number of carboxylic acid groups (broad SMARTS) is 1. The molecule has 21 heavy (non-hydrogen) atoms. The molecule has 0 radical (unpaired) electrons. The first-order valence-electron chi connectivity index (χ1n) is 6.22. The van der Waals surface area contributed by atoms with E-state index in [2.05, 4.69) is 4.98 Å². The Bertz CT molecular complexity index is 924. The number of aromatic carboxylic acids is 1. The second kappa shape index (κ2) is 4.59. The van der Waals surface area contributed by atoms with Crippen molar-refractivity contribution in [2.45, 2.75) is 6.92 Å². The molecule has 2 N–H and O–H groups in total. The fourth-order valence-corrected chi connectivity index (χ4v) is 2.28. The van der Waals surface area contributed by atoms with Crippen LogP contribution < -0.4 is 5.69 Å². The summed E-state index contributed by atoms with van der Waals surface area (Å²) in [6, 6.07) is 8.77. The first-order chi connectivity index (χ1) is 9.97. The second-order valence-corrected chi connectivity index (χ2v) is 4.76. The molecular weight excluding hydrogens is 275 g/mol. The highest BCUT2D eigenvalue weighted by Gasteiger charge is 2.14. The Labute approximate surface area is 118 Å². The molecule has 106 valence electrons. The molecule has 5 nitrogen and oxygen atoms in total. The normalized spacial score (nSPS) is 11.0. The molecule has 0 atom stereocenters. The molecule has 0 amide bonds. The van der Waals surface area contributed by atoms with Crippen LogP contribution in [0.2, 0.25) is 0 Å². The summed E-state index contributed by atoms with van der Waals surface area (Å²) in [5, 5.41) is 8.95. The highest BCUT2D eigenvalue weighted by molar-refractivity contribution is 5.92. The van der Waals surface area contributed by atoms with Crippen LogP contribution in [0.3, 0.4) is 0 Å². The molecule has 1 aromatic heterocycles. The van der Waals surface area contributed by atoms with Gasteiger partial charge in [-0.3, -0.25) is 4.57 Å². The lowest BCUT2D eigenvalue weighted by Crippen LogP contribution is -2.15. The highest BCUT2D eigenvalue weighted by Crippen LogP contribution is 2.20. The third-order valence-electron chi connectivity index (χ3n) is 3.27. The van der Waals surface area contributed by atoms with Crippen molar-refractivity contribution in [2.75, 3.05) is 0 Å². The first kappa shape index (κ1) is 13.1. The molecule has 0 aliphatic carbocycles. The zero-order chi connectivity index (χ0) is 15.1. The summed E-state index contributed by atoms with van der Waals surface area (Å²) in [7, 11) is 0. The zero-order valence-corrected chi connectivity index (χ0v) is 11.1. The quantitative estimate of drug-likeness (QED) is 0.760. The summed E-state index contributed by atoms with van der Waals surface area (Å²) in [5.41, 5.74) is 1.18. The van der Waals surface area contributed by atoms with Gasteiger partial charge >= 0.3 is 11.7 Å². The third-order valence-corrected chi connectivity index (χ3v) is 3.27. The number of hydrogen-bond donors (Lipinski definition) is 2. The van der Waals surface area contributed by atoms with Crippen LogP contribution in [-0.4, -0.2) is 20.6 Å². The van der Waals surface area contributed by atoms with E-state index in [1.807, 2.05) is 0 Å². The van der Waals surface area contributed by atoms with E-state index in [0.717, 1.165) is 5.56 Å². The van der Waals surface area contributed by atoms with Crippen molar-refractivity contribution in [1.29, 1.82) is 0 Å². The maximum Gasteiger partial charge on any atom is 0.335 e. The number of fused-ring (bicyclic) bond motifs is 1. The number of carboxylic acids is 1. The fraction of sp³-hybridized carbons (Fsp3) is 0.0667. The number of aromatic amines is 1. The number of nitrogens with one attached hydrogen (secondary N) is 1. The highest BCUT2D eigenvalue weighted by atomic mass is 19.1. The number of aromatic nitrogens is 2. The minimum atomic E-state index is -1.09. The van der Waals surface area contributed by atoms with Gasteiger partial charge in [0.05, 0.1) is 22.3 Å². The Kier molecular flexibility index (Phi) is 2.86. The topological polar surface area (TPSA) is 75.1 Å². The van der Waals surface area contributed by atoms with Gasteiger partial charge < -0.3 is 10.1 Å². The van der Waals surface area contributed by atoms with Crippen LogP contribution in [0.5, 0.6) is 0 Å². The Morgan fingerprint density at radius 1 is 1.24 bits per heavy atom. The molecule has 0 bridgehead atoms. The number of aryl methyl sites for hydroxylation is 1. The van der Waals surface area contributed by atoms with Crippen LogP contribution in [0.4, 0.5) is 4.39 Å². The van der Waals surface area contributed by atoms with Gasteiger partial charge in [0, 0.05) is 0 Å². The average molecular weight is 286 g/mol. The van der Waals surface area contributed by atoms with Gasteiger partial charge in [-0.05, 0) is 42.8 Å². The third kappa shape index (κ3) is 2.10. The number of imidazole rings is 1. The molecular formula is C15H11FN2O3. The number of carbonyl (C=O) groups is 1. The molecule has 3 aromatic rings. The molecule has 0 unspecified atom stereocenters. The summed E-state index contributed by atoms with van der Waals surface area (Å²) >= 11 is 0. The number of halogens is 1. The van der Waals surface area contributed by atoms with Gasteiger partial charge in [0.2, 0.25) is 0 Å². The minimum Gasteiger partial charge on any atom is -0.478 e. The predicted octanol–water partition coefficient (Wildman–Crippen LogP) is 2.46. The van der Waals surface area contributed by atoms with Gasteiger partial charge in [0.15, 0.2) is 0 Å². The number of nitrogens with zero attached hydrogens (tertiary/aromatic N) is 1. The monoisotopic (exact) mass is 286 g/mol. The lowest BCUT2D eigenvalue weighted by atomic mass is 10.2. The van der Waals surface area contributed by atoms with Crippen molar-refractivity contribution >= 4 is 17.0 Å². The van der Waals surface area contributed by atoms with Crippen LogP contribution in [0.25, 0.3) is 16.7 Å². The van der Waals surface area contributed by atoms with Crippen molar-refractivity contribution in [3.63, 3.8) is 0 Å². The summed E-state index contributed by atoms with van der Waals surface area (Å²) in [4.78, 5) is 25.5. The number of benzene rings is 2. The van der Waals surface area contributed by atoms with E-state index in [9.17, 15) is 14.0 Å². The minimum absolute atomic E-state index is 0.0558. The first-order valence-corrected chi connectivity index (χ1v) is 6.22. The maximum atomic E-state index is 14.1. The second-order valence-electron chi connectivity index (χ2n) is 4.76. The maximum absolute atomic E-state index is 14.1. The van der Waals surface area contributed by atoms with E-state index >= 15 is 0 Å². The number of H-pyrrole nitrogens is 1. The zero-order valence-electron chi connectivity index (χ0n) is 11.1. The SMILES string of the molecule is Cc1ccc(-n2c(=O)[nH]c3cc(C(=O)O)ccc32)c(F)c1. The van der Waals surface area contributed by atoms with E-state index in [0.29, 0.717) is 11.0 Å². The van der Waals surface area contributed by atoms with Gasteiger partial charge in [-0.25, -0.2) is 14.0 Å². The molecule has 6 heteroatoms. The van der Waals surface area contributed by atoms with E-state index in [4.69, 9.17) is 5.11 Å². The largest absolute Gasteiger partial charge is 0.478 e. The van der Waals surface area contributed by atoms with Gasteiger partial charge in [-0.15, -0.1) is 0 Å². The van der Waals surface area contributed by atoms with Crippen LogP contribution >= 0.6 is 0 Å². The van der Waals surface area contributed by atoms with Gasteiger partial charge in [0.25, 0.3) is 0 Å². The van der Waals surface area contributed by atoms with Crippen molar-refractivity contribution in [3.05, 3.63) is 63.8 Å². The molecule has 0 fully saturated rings. The van der Waals surface area contributed by atoms with Crippen molar-refractivity contribution < 1.29 is 14.3 Å². The fourth-order valence-electron chi connectivity index (χ4n) is 2.28. The van der Waals surface area contributed by atoms with Crippen LogP contribution in [0.1, 0.15) is 15.9 Å². The number of rotatable bonds is 2. The number of hydrogen-bond acceptors (Lipinski definition) is 2. The predicted molar refractivity (Wildman–Crippen MR) is 75.5 cm³/mol. The molecule has 0 saturated heterocycles. The average Bonchev–Trinajstić information content (AvgIpc) is 2.74. The standard InChI is InChI=1S/C15H11FN2O3/c1-8-2-4-12(10(16)6-8)18-13-5-3-9(14(19)20)7-11(13)17-15(18)21/h2-7H,1H3,(H,17,21)(H,19,20). The smallest absolute Gasteiger partial charge is 0.335 e. The van der Waals surface area contributed by atoms with Crippen LogP contribution in [0.15, 0.2) is 41.2 Å². The lowest BCUT2D eigenvalue weighted by molar-refractivity contribution is 0.0697. The van der Waals surface area contributed by atoms with Crippen molar-refractivity contribution in [2.24, 2.45) is 0 Å². The van der Waals surface area contributed by atoms with Gasteiger partial charge in [-0.2, -0.15) is 0 Å². The molecule has 2 aromatic carbocycles. The lowest BCUT2D eigenvalue weighted by Gasteiger charge is -2.06. The van der Waals surface area contributed by atoms with E-state index in [1.54, 1.807) is 13.0 Å². The molecule has 0 saturated carbocycles. The van der Waals surface area contributed by atoms with E-state index in [-0.39, 0.29) is 11.3 Å². The summed E-state index contributed by atoms with van der Waals surface area (Å²) < 4.78 is 15.3. The molecule has 0 aliphatic heterocycles. The van der Waals surface area contributed by atoms with E-state index < -0.39 is 17.5 Å². The Morgan fingerprint density at radius 2 is 2.00 bits per heavy atom. The van der Waals surface area contributed by atoms with Crippen LogP contribution in [-0.2, 0) is 0 Å². The summed E-state index contributed by atoms with van der Waals surface area (Å²) in [5.74, 6) is -1.60. The van der Waals surface area contributed by atoms with E-state index in [1.165, 1.54) is 34.9 Å². The van der Waals surface area contributed by atoms with Crippen LogP contribution in [0, 0.1) is 12.7 Å². The Morgan fingerprint density at radius 3 is 2.67 bits per heavy atom. The Hall–Kier alpha value is -2.89.